The van der Waals surface area contributed by atoms with Gasteiger partial charge in [0.25, 0.3) is 0 Å². The highest BCUT2D eigenvalue weighted by molar-refractivity contribution is 5.36. The maximum absolute atomic E-state index is 3.33. The van der Waals surface area contributed by atoms with Gasteiger partial charge in [-0.15, -0.1) is 0 Å². The van der Waals surface area contributed by atoms with E-state index in [1.165, 1.54) is 41.9 Å². The first-order valence-corrected chi connectivity index (χ1v) is 6.52. The molecule has 1 aliphatic heterocycles. The van der Waals surface area contributed by atoms with E-state index in [2.05, 4.69) is 50.2 Å². The molecule has 1 fully saturated rings. The Kier molecular flexibility index (Phi) is 3.85. The Morgan fingerprint density at radius 1 is 1.12 bits per heavy atom. The number of hydrogen-bond donors (Lipinski definition) is 1. The van der Waals surface area contributed by atoms with Gasteiger partial charge in [0.15, 0.2) is 0 Å². The summed E-state index contributed by atoms with van der Waals surface area (Å²) in [5, 5.41) is 3.33. The predicted molar refractivity (Wildman–Crippen MR) is 73.3 cm³/mol. The zero-order chi connectivity index (χ0) is 12.4. The van der Waals surface area contributed by atoms with Crippen LogP contribution in [-0.4, -0.2) is 31.6 Å². The minimum atomic E-state index is 0.854. The summed E-state index contributed by atoms with van der Waals surface area (Å²) in [6.07, 6.45) is 0. The molecule has 17 heavy (non-hydrogen) atoms. The van der Waals surface area contributed by atoms with E-state index < -0.39 is 0 Å². The van der Waals surface area contributed by atoms with Crippen molar-refractivity contribution in [3.8, 4) is 0 Å². The topological polar surface area (TPSA) is 15.3 Å². The Morgan fingerprint density at radius 3 is 2.35 bits per heavy atom. The van der Waals surface area contributed by atoms with E-state index in [1.54, 1.807) is 0 Å². The van der Waals surface area contributed by atoms with E-state index in [0.29, 0.717) is 0 Å². The lowest BCUT2D eigenvalue weighted by molar-refractivity contribution is 0.218. The third-order valence-electron chi connectivity index (χ3n) is 3.83. The lowest BCUT2D eigenvalue weighted by Gasteiger charge is -2.31. The minimum Gasteiger partial charge on any atom is -0.316 e. The van der Waals surface area contributed by atoms with Gasteiger partial charge >= 0.3 is 0 Å². The number of rotatable bonds is 4. The average Bonchev–Trinajstić information content (AvgIpc) is 2.20. The standard InChI is InChI=1S/C15H24N2/c1-11-5-13(3)15(6-12(11)2)10-17(4)9-14-7-16-8-14/h5-6,14,16H,7-10H2,1-4H3. The van der Waals surface area contributed by atoms with Gasteiger partial charge in [-0.05, 0) is 56.0 Å². The maximum atomic E-state index is 3.33. The summed E-state index contributed by atoms with van der Waals surface area (Å²) < 4.78 is 0. The molecule has 1 aromatic carbocycles. The van der Waals surface area contributed by atoms with E-state index in [1.807, 2.05) is 0 Å². The van der Waals surface area contributed by atoms with E-state index >= 15 is 0 Å². The van der Waals surface area contributed by atoms with Gasteiger partial charge in [-0.25, -0.2) is 0 Å². The largest absolute Gasteiger partial charge is 0.316 e. The number of hydrogen-bond acceptors (Lipinski definition) is 2. The van der Waals surface area contributed by atoms with Crippen LogP contribution in [0.2, 0.25) is 0 Å². The number of benzene rings is 1. The molecule has 2 rings (SSSR count). The van der Waals surface area contributed by atoms with Gasteiger partial charge in [0.2, 0.25) is 0 Å². The second-order valence-electron chi connectivity index (χ2n) is 5.58. The van der Waals surface area contributed by atoms with Crippen molar-refractivity contribution in [3.05, 3.63) is 34.4 Å². The smallest absolute Gasteiger partial charge is 0.0233 e. The summed E-state index contributed by atoms with van der Waals surface area (Å²) >= 11 is 0. The highest BCUT2D eigenvalue weighted by Crippen LogP contribution is 2.17. The van der Waals surface area contributed by atoms with Crippen LogP contribution in [0.5, 0.6) is 0 Å². The zero-order valence-corrected chi connectivity index (χ0v) is 11.5. The molecule has 1 saturated heterocycles. The molecule has 1 heterocycles. The summed E-state index contributed by atoms with van der Waals surface area (Å²) in [6.45, 7) is 11.3. The van der Waals surface area contributed by atoms with Crippen molar-refractivity contribution in [3.63, 3.8) is 0 Å². The number of aryl methyl sites for hydroxylation is 3. The molecule has 0 unspecified atom stereocenters. The molecule has 94 valence electrons. The minimum absolute atomic E-state index is 0.854. The van der Waals surface area contributed by atoms with Gasteiger partial charge in [0.05, 0.1) is 0 Å². The Balaban J connectivity index is 1.99. The first-order chi connectivity index (χ1) is 8.06. The SMILES string of the molecule is Cc1cc(C)c(CN(C)CC2CNC2)cc1C. The van der Waals surface area contributed by atoms with Crippen molar-refractivity contribution >= 4 is 0 Å². The van der Waals surface area contributed by atoms with Gasteiger partial charge in [-0.2, -0.15) is 0 Å². The van der Waals surface area contributed by atoms with Crippen LogP contribution in [0.25, 0.3) is 0 Å². The molecule has 0 aromatic heterocycles. The van der Waals surface area contributed by atoms with Crippen molar-refractivity contribution in [2.75, 3.05) is 26.7 Å². The van der Waals surface area contributed by atoms with E-state index in [4.69, 9.17) is 0 Å². The van der Waals surface area contributed by atoms with Gasteiger partial charge in [0, 0.05) is 26.2 Å². The monoisotopic (exact) mass is 232 g/mol. The molecule has 0 saturated carbocycles. The van der Waals surface area contributed by atoms with Crippen molar-refractivity contribution in [1.29, 1.82) is 0 Å². The summed E-state index contributed by atoms with van der Waals surface area (Å²) in [7, 11) is 2.23. The zero-order valence-electron chi connectivity index (χ0n) is 11.5. The quantitative estimate of drug-likeness (QED) is 0.856. The fourth-order valence-corrected chi connectivity index (χ4v) is 2.46. The van der Waals surface area contributed by atoms with E-state index in [-0.39, 0.29) is 0 Å². The molecule has 1 aromatic rings. The Hall–Kier alpha value is -0.860. The molecular weight excluding hydrogens is 208 g/mol. The van der Waals surface area contributed by atoms with Crippen molar-refractivity contribution in [2.45, 2.75) is 27.3 Å². The molecule has 0 aliphatic carbocycles. The average molecular weight is 232 g/mol. The highest BCUT2D eigenvalue weighted by atomic mass is 15.1. The van der Waals surface area contributed by atoms with Crippen molar-refractivity contribution < 1.29 is 0 Å². The molecule has 0 spiro atoms. The molecule has 1 aliphatic rings. The highest BCUT2D eigenvalue weighted by Gasteiger charge is 2.18. The van der Waals surface area contributed by atoms with E-state index in [0.717, 1.165) is 12.5 Å². The second-order valence-corrected chi connectivity index (χ2v) is 5.58. The second kappa shape index (κ2) is 5.19. The fraction of sp³-hybridized carbons (Fsp3) is 0.600. The third kappa shape index (κ3) is 3.08. The normalized spacial score (nSPS) is 16.3. The van der Waals surface area contributed by atoms with Gasteiger partial charge < -0.3 is 10.2 Å². The van der Waals surface area contributed by atoms with Crippen LogP contribution in [0, 0.1) is 26.7 Å². The van der Waals surface area contributed by atoms with Crippen LogP contribution >= 0.6 is 0 Å². The van der Waals surface area contributed by atoms with Crippen LogP contribution in [-0.2, 0) is 6.54 Å². The molecule has 0 radical (unpaired) electrons. The third-order valence-corrected chi connectivity index (χ3v) is 3.83. The summed E-state index contributed by atoms with van der Waals surface area (Å²) in [5.74, 6) is 0.854. The first-order valence-electron chi connectivity index (χ1n) is 6.52. The summed E-state index contributed by atoms with van der Waals surface area (Å²) in [4.78, 5) is 2.45. The Bertz CT molecular complexity index is 394. The molecular formula is C15H24N2. The molecule has 2 nitrogen and oxygen atoms in total. The van der Waals surface area contributed by atoms with Crippen LogP contribution in [0.3, 0.4) is 0 Å². The Morgan fingerprint density at radius 2 is 1.76 bits per heavy atom. The van der Waals surface area contributed by atoms with Crippen LogP contribution < -0.4 is 5.32 Å². The number of nitrogens with one attached hydrogen (secondary N) is 1. The summed E-state index contributed by atoms with van der Waals surface area (Å²) in [6, 6.07) is 4.66. The van der Waals surface area contributed by atoms with Crippen molar-refractivity contribution in [1.82, 2.24) is 10.2 Å². The molecule has 2 heteroatoms. The lowest BCUT2D eigenvalue weighted by Crippen LogP contribution is -2.47. The van der Waals surface area contributed by atoms with Gasteiger partial charge in [-0.3, -0.25) is 0 Å². The summed E-state index contributed by atoms with van der Waals surface area (Å²) in [5.41, 5.74) is 5.70. The molecule has 0 atom stereocenters. The molecule has 0 bridgehead atoms. The Labute approximate surface area is 105 Å². The first kappa shape index (κ1) is 12.6. The van der Waals surface area contributed by atoms with E-state index in [9.17, 15) is 0 Å². The van der Waals surface area contributed by atoms with Crippen molar-refractivity contribution in [2.24, 2.45) is 5.92 Å². The van der Waals surface area contributed by atoms with Crippen LogP contribution in [0.4, 0.5) is 0 Å². The fourth-order valence-electron chi connectivity index (χ4n) is 2.46. The number of nitrogens with zero attached hydrogens (tertiary/aromatic N) is 1. The predicted octanol–water partition coefficient (Wildman–Crippen LogP) is 2.26. The maximum Gasteiger partial charge on any atom is 0.0233 e. The molecule has 1 N–H and O–H groups in total. The van der Waals surface area contributed by atoms with Gasteiger partial charge in [-0.1, -0.05) is 12.1 Å². The lowest BCUT2D eigenvalue weighted by atomic mass is 9.99. The molecule has 0 amide bonds. The van der Waals surface area contributed by atoms with Gasteiger partial charge in [0.1, 0.15) is 0 Å². The van der Waals surface area contributed by atoms with Crippen LogP contribution in [0.1, 0.15) is 22.3 Å². The van der Waals surface area contributed by atoms with Crippen LogP contribution in [0.15, 0.2) is 12.1 Å².